The van der Waals surface area contributed by atoms with E-state index >= 15 is 0 Å². The van der Waals surface area contributed by atoms with E-state index in [9.17, 15) is 10.2 Å². The molecule has 0 spiro atoms. The molecule has 132 valence electrons. The molecule has 1 aliphatic heterocycles. The van der Waals surface area contributed by atoms with E-state index < -0.39 is 11.7 Å². The quantitative estimate of drug-likeness (QED) is 0.563. The first kappa shape index (κ1) is 18.7. The molecular formula is C20H34O3. The van der Waals surface area contributed by atoms with Gasteiger partial charge in [-0.3, -0.25) is 0 Å². The number of aliphatic hydroxyl groups is 2. The summed E-state index contributed by atoms with van der Waals surface area (Å²) in [7, 11) is 0. The van der Waals surface area contributed by atoms with Gasteiger partial charge < -0.3 is 14.9 Å². The predicted molar refractivity (Wildman–Crippen MR) is 94.3 cm³/mol. The molecule has 0 radical (unpaired) electrons. The van der Waals surface area contributed by atoms with Crippen LogP contribution < -0.4 is 0 Å². The smallest absolute Gasteiger partial charge is 0.0923 e. The summed E-state index contributed by atoms with van der Waals surface area (Å²) in [5, 5.41) is 21.1. The number of rotatable bonds is 1. The molecule has 0 saturated carbocycles. The SMILES string of the molecule is CC1=CCCC2(C)OC2CCC(C)=CC(O)C(C(C)(C)O)CC1. The molecule has 0 aromatic heterocycles. The molecular weight excluding hydrogens is 288 g/mol. The van der Waals surface area contributed by atoms with E-state index in [0.29, 0.717) is 6.10 Å². The highest BCUT2D eigenvalue weighted by molar-refractivity contribution is 5.10. The fourth-order valence-corrected chi connectivity index (χ4v) is 3.76. The molecule has 3 heteroatoms. The van der Waals surface area contributed by atoms with Crippen molar-refractivity contribution in [1.82, 2.24) is 0 Å². The van der Waals surface area contributed by atoms with E-state index in [2.05, 4.69) is 26.8 Å². The average Bonchev–Trinajstić information content (AvgIpc) is 3.05. The maximum atomic E-state index is 10.6. The summed E-state index contributed by atoms with van der Waals surface area (Å²) in [5.74, 6) is -0.147. The second kappa shape index (κ2) is 7.08. The van der Waals surface area contributed by atoms with Crippen molar-refractivity contribution in [3.05, 3.63) is 23.3 Å². The molecule has 1 heterocycles. The number of aliphatic hydroxyl groups excluding tert-OH is 1. The molecule has 0 bridgehead atoms. The van der Waals surface area contributed by atoms with Crippen molar-refractivity contribution in [3.63, 3.8) is 0 Å². The lowest BCUT2D eigenvalue weighted by Crippen LogP contribution is -2.38. The Bertz CT molecular complexity index is 472. The highest BCUT2D eigenvalue weighted by Gasteiger charge is 2.50. The van der Waals surface area contributed by atoms with E-state index in [4.69, 9.17) is 4.74 Å². The van der Waals surface area contributed by atoms with Crippen molar-refractivity contribution in [1.29, 1.82) is 0 Å². The molecule has 0 aromatic rings. The summed E-state index contributed by atoms with van der Waals surface area (Å²) in [4.78, 5) is 0. The van der Waals surface area contributed by atoms with Crippen molar-refractivity contribution < 1.29 is 14.9 Å². The van der Waals surface area contributed by atoms with Crippen molar-refractivity contribution in [2.75, 3.05) is 0 Å². The van der Waals surface area contributed by atoms with Gasteiger partial charge >= 0.3 is 0 Å². The van der Waals surface area contributed by atoms with Gasteiger partial charge in [0.2, 0.25) is 0 Å². The van der Waals surface area contributed by atoms with Gasteiger partial charge in [-0.2, -0.15) is 0 Å². The molecule has 2 N–H and O–H groups in total. The predicted octanol–water partition coefficient (Wildman–Crippen LogP) is 4.14. The van der Waals surface area contributed by atoms with Crippen molar-refractivity contribution >= 4 is 0 Å². The topological polar surface area (TPSA) is 53.0 Å². The lowest BCUT2D eigenvalue weighted by molar-refractivity contribution is -0.0345. The largest absolute Gasteiger partial charge is 0.390 e. The third-order valence-electron chi connectivity index (χ3n) is 5.59. The van der Waals surface area contributed by atoms with Crippen LogP contribution in [0.1, 0.15) is 73.1 Å². The van der Waals surface area contributed by atoms with Crippen LogP contribution >= 0.6 is 0 Å². The minimum atomic E-state index is -0.883. The fraction of sp³-hybridized carbons (Fsp3) is 0.800. The Morgan fingerprint density at radius 1 is 1.17 bits per heavy atom. The minimum Gasteiger partial charge on any atom is -0.390 e. The third kappa shape index (κ3) is 5.17. The lowest BCUT2D eigenvalue weighted by atomic mass is 9.80. The fourth-order valence-electron chi connectivity index (χ4n) is 3.76. The summed E-state index contributed by atoms with van der Waals surface area (Å²) in [6.45, 7) is 10.0. The molecule has 4 atom stereocenters. The van der Waals surface area contributed by atoms with Gasteiger partial charge in [0.1, 0.15) is 0 Å². The van der Waals surface area contributed by atoms with Gasteiger partial charge in [0.25, 0.3) is 0 Å². The molecule has 2 rings (SSSR count). The van der Waals surface area contributed by atoms with Crippen LogP contribution in [-0.4, -0.2) is 33.6 Å². The van der Waals surface area contributed by atoms with Crippen molar-refractivity contribution in [2.24, 2.45) is 5.92 Å². The van der Waals surface area contributed by atoms with Gasteiger partial charge in [0.15, 0.2) is 0 Å². The zero-order valence-corrected chi connectivity index (χ0v) is 15.4. The van der Waals surface area contributed by atoms with Gasteiger partial charge in [-0.1, -0.05) is 23.3 Å². The van der Waals surface area contributed by atoms with Crippen LogP contribution in [0.3, 0.4) is 0 Å². The van der Waals surface area contributed by atoms with Crippen molar-refractivity contribution in [2.45, 2.75) is 96.6 Å². The summed E-state index contributed by atoms with van der Waals surface area (Å²) < 4.78 is 5.91. The number of hydrogen-bond acceptors (Lipinski definition) is 3. The van der Waals surface area contributed by atoms with Gasteiger partial charge in [-0.15, -0.1) is 0 Å². The number of allylic oxidation sites excluding steroid dienone is 3. The molecule has 3 nitrogen and oxygen atoms in total. The molecule has 1 saturated heterocycles. The Hall–Kier alpha value is -0.640. The monoisotopic (exact) mass is 322 g/mol. The molecule has 4 unspecified atom stereocenters. The van der Waals surface area contributed by atoms with Crippen LogP contribution in [0.5, 0.6) is 0 Å². The van der Waals surface area contributed by atoms with Crippen LogP contribution in [-0.2, 0) is 4.74 Å². The van der Waals surface area contributed by atoms with E-state index in [-0.39, 0.29) is 11.5 Å². The second-order valence-electron chi connectivity index (χ2n) is 8.35. The molecule has 23 heavy (non-hydrogen) atoms. The Morgan fingerprint density at radius 3 is 2.48 bits per heavy atom. The first-order chi connectivity index (χ1) is 10.6. The average molecular weight is 322 g/mol. The number of fused-ring (bicyclic) bond motifs is 1. The van der Waals surface area contributed by atoms with Gasteiger partial charge in [-0.05, 0) is 73.1 Å². The molecule has 0 amide bonds. The lowest BCUT2D eigenvalue weighted by Gasteiger charge is -2.32. The highest BCUT2D eigenvalue weighted by Crippen LogP contribution is 2.43. The molecule has 0 aromatic carbocycles. The van der Waals surface area contributed by atoms with Gasteiger partial charge in [-0.25, -0.2) is 0 Å². The summed E-state index contributed by atoms with van der Waals surface area (Å²) in [6.07, 6.45) is 9.79. The van der Waals surface area contributed by atoms with Crippen LogP contribution in [0.4, 0.5) is 0 Å². The Labute approximate surface area is 141 Å². The summed E-state index contributed by atoms with van der Waals surface area (Å²) >= 11 is 0. The third-order valence-corrected chi connectivity index (χ3v) is 5.59. The Kier molecular flexibility index (Phi) is 5.76. The maximum absolute atomic E-state index is 10.6. The minimum absolute atomic E-state index is 0.0510. The number of ether oxygens (including phenoxy) is 1. The standard InChI is InChI=1S/C20H34O3/c1-14-7-6-12-20(5)18(23-20)11-9-15(2)13-17(21)16(10-8-14)19(3,4)22/h7,13,16-18,21-22H,6,8-12H2,1-5H3. The van der Waals surface area contributed by atoms with Crippen LogP contribution in [0.2, 0.25) is 0 Å². The first-order valence-corrected chi connectivity index (χ1v) is 9.03. The van der Waals surface area contributed by atoms with Gasteiger partial charge in [0.05, 0.1) is 23.4 Å². The molecule has 1 aliphatic carbocycles. The van der Waals surface area contributed by atoms with E-state index in [1.165, 1.54) is 11.1 Å². The number of epoxide rings is 1. The van der Waals surface area contributed by atoms with E-state index in [1.807, 2.05) is 6.08 Å². The van der Waals surface area contributed by atoms with Crippen LogP contribution in [0.15, 0.2) is 23.3 Å². The number of hydrogen-bond donors (Lipinski definition) is 2. The van der Waals surface area contributed by atoms with E-state index in [0.717, 1.165) is 38.5 Å². The Balaban J connectivity index is 2.15. The zero-order valence-electron chi connectivity index (χ0n) is 15.4. The second-order valence-corrected chi connectivity index (χ2v) is 8.35. The maximum Gasteiger partial charge on any atom is 0.0923 e. The first-order valence-electron chi connectivity index (χ1n) is 9.03. The normalized spacial score (nSPS) is 37.3. The Morgan fingerprint density at radius 2 is 1.83 bits per heavy atom. The molecule has 1 fully saturated rings. The molecule has 2 aliphatic rings. The van der Waals surface area contributed by atoms with Crippen molar-refractivity contribution in [3.8, 4) is 0 Å². The van der Waals surface area contributed by atoms with Gasteiger partial charge in [0, 0.05) is 5.92 Å². The summed E-state index contributed by atoms with van der Waals surface area (Å²) in [5.41, 5.74) is 1.69. The van der Waals surface area contributed by atoms with E-state index in [1.54, 1.807) is 13.8 Å². The summed E-state index contributed by atoms with van der Waals surface area (Å²) in [6, 6.07) is 0. The zero-order chi connectivity index (χ0) is 17.3. The van der Waals surface area contributed by atoms with Crippen LogP contribution in [0, 0.1) is 5.92 Å². The van der Waals surface area contributed by atoms with Crippen LogP contribution in [0.25, 0.3) is 0 Å². The highest BCUT2D eigenvalue weighted by atomic mass is 16.6.